The number of carbonyl (C=O) groups excluding carboxylic acids is 3. The van der Waals surface area contributed by atoms with Gasteiger partial charge in [0.25, 0.3) is 11.8 Å². The van der Waals surface area contributed by atoms with Crippen molar-refractivity contribution in [2.24, 2.45) is 0 Å². The average molecular weight is 277 g/mol. The lowest BCUT2D eigenvalue weighted by molar-refractivity contribution is -0.148. The number of hydrogen-bond acceptors (Lipinski definition) is 5. The third-order valence-electron chi connectivity index (χ3n) is 2.88. The zero-order chi connectivity index (χ0) is 14.5. The standard InChI is InChI=1S/C14H15NO5/c1-2-19-9-12(16)20-8-7-15-13(17)10-5-3-4-6-11(10)14(15)18/h3-6H,2,7-9H2,1H3. The van der Waals surface area contributed by atoms with Gasteiger partial charge in [-0.05, 0) is 19.1 Å². The molecule has 0 aromatic heterocycles. The maximum atomic E-state index is 12.0. The zero-order valence-electron chi connectivity index (χ0n) is 11.1. The Hall–Kier alpha value is -2.21. The minimum absolute atomic E-state index is 0.0304. The van der Waals surface area contributed by atoms with Crippen LogP contribution in [-0.2, 0) is 14.3 Å². The lowest BCUT2D eigenvalue weighted by Crippen LogP contribution is -2.33. The lowest BCUT2D eigenvalue weighted by atomic mass is 10.1. The highest BCUT2D eigenvalue weighted by Gasteiger charge is 2.34. The van der Waals surface area contributed by atoms with Crippen LogP contribution in [0, 0.1) is 0 Å². The van der Waals surface area contributed by atoms with Gasteiger partial charge in [-0.15, -0.1) is 0 Å². The Morgan fingerprint density at radius 3 is 2.30 bits per heavy atom. The van der Waals surface area contributed by atoms with Gasteiger partial charge < -0.3 is 9.47 Å². The van der Waals surface area contributed by atoms with Crippen LogP contribution in [0.2, 0.25) is 0 Å². The second kappa shape index (κ2) is 6.29. The predicted molar refractivity (Wildman–Crippen MR) is 69.3 cm³/mol. The van der Waals surface area contributed by atoms with Crippen molar-refractivity contribution in [1.82, 2.24) is 4.90 Å². The maximum Gasteiger partial charge on any atom is 0.332 e. The lowest BCUT2D eigenvalue weighted by Gasteiger charge is -2.13. The van der Waals surface area contributed by atoms with Crippen molar-refractivity contribution in [2.45, 2.75) is 6.92 Å². The Kier molecular flexibility index (Phi) is 4.47. The predicted octanol–water partition coefficient (Wildman–Crippen LogP) is 0.862. The summed E-state index contributed by atoms with van der Waals surface area (Å²) in [5.74, 6) is -1.22. The molecule has 0 saturated heterocycles. The first-order valence-electron chi connectivity index (χ1n) is 6.33. The number of fused-ring (bicyclic) bond motifs is 1. The minimum Gasteiger partial charge on any atom is -0.462 e. The van der Waals surface area contributed by atoms with Gasteiger partial charge in [0.05, 0.1) is 17.7 Å². The van der Waals surface area contributed by atoms with Crippen LogP contribution in [0.4, 0.5) is 0 Å². The molecule has 0 atom stereocenters. The van der Waals surface area contributed by atoms with Gasteiger partial charge in [-0.25, -0.2) is 4.79 Å². The van der Waals surface area contributed by atoms with Crippen LogP contribution >= 0.6 is 0 Å². The van der Waals surface area contributed by atoms with Crippen molar-refractivity contribution in [3.05, 3.63) is 35.4 Å². The molecule has 1 aromatic rings. The highest BCUT2D eigenvalue weighted by molar-refractivity contribution is 6.21. The molecule has 0 bridgehead atoms. The number of amides is 2. The van der Waals surface area contributed by atoms with Crippen LogP contribution in [0.15, 0.2) is 24.3 Å². The summed E-state index contributed by atoms with van der Waals surface area (Å²) in [6.45, 7) is 2.08. The number of benzene rings is 1. The summed E-state index contributed by atoms with van der Waals surface area (Å²) in [6.07, 6.45) is 0. The Morgan fingerprint density at radius 2 is 1.75 bits per heavy atom. The Morgan fingerprint density at radius 1 is 1.15 bits per heavy atom. The van der Waals surface area contributed by atoms with Gasteiger partial charge >= 0.3 is 5.97 Å². The number of ether oxygens (including phenoxy) is 2. The topological polar surface area (TPSA) is 72.9 Å². The third-order valence-corrected chi connectivity index (χ3v) is 2.88. The second-order valence-corrected chi connectivity index (χ2v) is 4.17. The summed E-state index contributed by atoms with van der Waals surface area (Å²) >= 11 is 0. The third kappa shape index (κ3) is 2.85. The molecule has 6 heteroatoms. The summed E-state index contributed by atoms with van der Waals surface area (Å²) < 4.78 is 9.78. The number of imide groups is 1. The van der Waals surface area contributed by atoms with E-state index in [2.05, 4.69) is 0 Å². The molecule has 1 aromatic carbocycles. The van der Waals surface area contributed by atoms with E-state index in [1.165, 1.54) is 0 Å². The highest BCUT2D eigenvalue weighted by atomic mass is 16.6. The van der Waals surface area contributed by atoms with E-state index in [9.17, 15) is 14.4 Å². The molecule has 1 aliphatic rings. The van der Waals surface area contributed by atoms with Gasteiger partial charge in [-0.3, -0.25) is 14.5 Å². The average Bonchev–Trinajstić information content (AvgIpc) is 2.70. The molecule has 20 heavy (non-hydrogen) atoms. The number of nitrogens with zero attached hydrogens (tertiary/aromatic N) is 1. The van der Waals surface area contributed by atoms with Crippen molar-refractivity contribution in [2.75, 3.05) is 26.4 Å². The highest BCUT2D eigenvalue weighted by Crippen LogP contribution is 2.21. The molecule has 0 saturated carbocycles. The minimum atomic E-state index is -0.511. The van der Waals surface area contributed by atoms with E-state index in [1.807, 2.05) is 0 Å². The molecule has 1 heterocycles. The van der Waals surface area contributed by atoms with Crippen LogP contribution in [0.5, 0.6) is 0 Å². The number of esters is 1. The monoisotopic (exact) mass is 277 g/mol. The van der Waals surface area contributed by atoms with Crippen molar-refractivity contribution in [3.63, 3.8) is 0 Å². The van der Waals surface area contributed by atoms with Crippen LogP contribution in [-0.4, -0.2) is 49.0 Å². The van der Waals surface area contributed by atoms with Gasteiger partial charge in [0.1, 0.15) is 13.2 Å². The molecular weight excluding hydrogens is 262 g/mol. The molecular formula is C14H15NO5. The molecule has 0 unspecified atom stereocenters. The summed E-state index contributed by atoms with van der Waals surface area (Å²) in [7, 11) is 0. The first-order valence-corrected chi connectivity index (χ1v) is 6.33. The summed E-state index contributed by atoms with van der Waals surface area (Å²) in [6, 6.07) is 6.62. The van der Waals surface area contributed by atoms with Gasteiger partial charge in [-0.1, -0.05) is 12.1 Å². The molecule has 0 radical (unpaired) electrons. The van der Waals surface area contributed by atoms with Gasteiger partial charge in [0, 0.05) is 6.61 Å². The zero-order valence-corrected chi connectivity index (χ0v) is 11.1. The normalized spacial score (nSPS) is 13.6. The van der Waals surface area contributed by atoms with Gasteiger partial charge in [0.15, 0.2) is 0 Å². The van der Waals surface area contributed by atoms with Crippen molar-refractivity contribution in [3.8, 4) is 0 Å². The van der Waals surface area contributed by atoms with Crippen molar-refractivity contribution < 1.29 is 23.9 Å². The molecule has 6 nitrogen and oxygen atoms in total. The fourth-order valence-electron chi connectivity index (χ4n) is 1.92. The van der Waals surface area contributed by atoms with E-state index in [0.29, 0.717) is 17.7 Å². The van der Waals surface area contributed by atoms with Gasteiger partial charge in [-0.2, -0.15) is 0 Å². The largest absolute Gasteiger partial charge is 0.462 e. The molecule has 0 fully saturated rings. The van der Waals surface area contributed by atoms with E-state index in [0.717, 1.165) is 4.90 Å². The van der Waals surface area contributed by atoms with Crippen molar-refractivity contribution in [1.29, 1.82) is 0 Å². The first-order chi connectivity index (χ1) is 9.65. The molecule has 0 aliphatic carbocycles. The van der Waals surface area contributed by atoms with Gasteiger partial charge in [0.2, 0.25) is 0 Å². The van der Waals surface area contributed by atoms with Crippen molar-refractivity contribution >= 4 is 17.8 Å². The molecule has 0 N–H and O–H groups in total. The fourth-order valence-corrected chi connectivity index (χ4v) is 1.92. The van der Waals surface area contributed by atoms with E-state index in [1.54, 1.807) is 31.2 Å². The summed E-state index contributed by atoms with van der Waals surface area (Å²) in [4.78, 5) is 36.3. The Balaban J connectivity index is 1.88. The molecule has 1 aliphatic heterocycles. The summed E-state index contributed by atoms with van der Waals surface area (Å²) in [5.41, 5.74) is 0.774. The first kappa shape index (κ1) is 14.2. The Labute approximate surface area is 116 Å². The van der Waals surface area contributed by atoms with E-state index >= 15 is 0 Å². The molecule has 2 rings (SSSR count). The van der Waals surface area contributed by atoms with Crippen LogP contribution in [0.1, 0.15) is 27.6 Å². The maximum absolute atomic E-state index is 12.0. The smallest absolute Gasteiger partial charge is 0.332 e. The summed E-state index contributed by atoms with van der Waals surface area (Å²) in [5, 5.41) is 0. The van der Waals surface area contributed by atoms with E-state index in [4.69, 9.17) is 9.47 Å². The second-order valence-electron chi connectivity index (χ2n) is 4.17. The number of carbonyl (C=O) groups is 3. The van der Waals surface area contributed by atoms with Crippen LogP contribution < -0.4 is 0 Å². The molecule has 0 spiro atoms. The van der Waals surface area contributed by atoms with Crippen LogP contribution in [0.3, 0.4) is 0 Å². The number of rotatable bonds is 6. The van der Waals surface area contributed by atoms with Crippen LogP contribution in [0.25, 0.3) is 0 Å². The molecule has 106 valence electrons. The quantitative estimate of drug-likeness (QED) is 0.569. The fraction of sp³-hybridized carbons (Fsp3) is 0.357. The molecule has 2 amide bonds. The SMILES string of the molecule is CCOCC(=O)OCCN1C(=O)c2ccccc2C1=O. The number of hydrogen-bond donors (Lipinski definition) is 0. The van der Waals surface area contributed by atoms with E-state index < -0.39 is 5.97 Å². The Bertz CT molecular complexity index is 505. The van der Waals surface area contributed by atoms with E-state index in [-0.39, 0.29) is 31.6 Å².